The van der Waals surface area contributed by atoms with Gasteiger partial charge in [-0.2, -0.15) is 0 Å². The quantitative estimate of drug-likeness (QED) is 0.918. The molecule has 0 aromatic heterocycles. The third kappa shape index (κ3) is 2.67. The van der Waals surface area contributed by atoms with E-state index in [1.165, 1.54) is 12.0 Å². The molecular weight excluding hydrogens is 262 g/mol. The minimum Gasteiger partial charge on any atom is -0.493 e. The van der Waals surface area contributed by atoms with Crippen LogP contribution in [0.1, 0.15) is 37.2 Å². The molecule has 0 spiro atoms. The van der Waals surface area contributed by atoms with Crippen LogP contribution < -0.4 is 14.8 Å². The van der Waals surface area contributed by atoms with Crippen molar-refractivity contribution in [2.24, 2.45) is 0 Å². The average Bonchev–Trinajstić information content (AvgIpc) is 2.87. The normalized spacial score (nSPS) is 23.2. The fourth-order valence-electron chi connectivity index (χ4n) is 2.75. The molecule has 1 heterocycles. The molecule has 104 valence electrons. The van der Waals surface area contributed by atoms with Gasteiger partial charge in [0.15, 0.2) is 11.5 Å². The lowest BCUT2D eigenvalue weighted by Crippen LogP contribution is -2.25. The maximum absolute atomic E-state index is 6.21. The predicted molar refractivity (Wildman–Crippen MR) is 76.5 cm³/mol. The van der Waals surface area contributed by atoms with E-state index >= 15 is 0 Å². The largest absolute Gasteiger partial charge is 0.493 e. The zero-order chi connectivity index (χ0) is 13.2. The lowest BCUT2D eigenvalue weighted by Gasteiger charge is -2.29. The molecule has 1 N–H and O–H groups in total. The third-order valence-corrected chi connectivity index (χ3v) is 4.32. The Kier molecular flexibility index (Phi) is 3.85. The van der Waals surface area contributed by atoms with Gasteiger partial charge in [-0.15, -0.1) is 0 Å². The van der Waals surface area contributed by atoms with E-state index in [4.69, 9.17) is 21.1 Å². The molecule has 1 atom stereocenters. The lowest BCUT2D eigenvalue weighted by molar-refractivity contribution is 0.114. The summed E-state index contributed by atoms with van der Waals surface area (Å²) in [4.78, 5) is 0. The van der Waals surface area contributed by atoms with Gasteiger partial charge in [-0.1, -0.05) is 11.6 Å². The van der Waals surface area contributed by atoms with Gasteiger partial charge in [0, 0.05) is 29.1 Å². The molecule has 1 unspecified atom stereocenters. The molecular formula is C15H20ClNO2. The highest BCUT2D eigenvalue weighted by Crippen LogP contribution is 2.42. The van der Waals surface area contributed by atoms with Crippen molar-refractivity contribution in [1.82, 2.24) is 5.32 Å². The number of methoxy groups -OCH3 is 1. The molecule has 4 heteroatoms. The van der Waals surface area contributed by atoms with Crippen molar-refractivity contribution in [3.63, 3.8) is 0 Å². The van der Waals surface area contributed by atoms with Gasteiger partial charge in [0.25, 0.3) is 0 Å². The topological polar surface area (TPSA) is 30.5 Å². The summed E-state index contributed by atoms with van der Waals surface area (Å²) in [5.74, 6) is 2.15. The van der Waals surface area contributed by atoms with Crippen molar-refractivity contribution < 1.29 is 9.47 Å². The van der Waals surface area contributed by atoms with Crippen molar-refractivity contribution in [3.8, 4) is 11.5 Å². The van der Waals surface area contributed by atoms with Gasteiger partial charge in [-0.05, 0) is 38.3 Å². The first-order valence-electron chi connectivity index (χ1n) is 7.02. The Labute approximate surface area is 119 Å². The summed E-state index contributed by atoms with van der Waals surface area (Å²) in [5, 5.41) is 4.12. The molecule has 1 aliphatic carbocycles. The molecule has 1 aliphatic heterocycles. The maximum atomic E-state index is 6.21. The lowest BCUT2D eigenvalue weighted by atomic mass is 9.94. The van der Waals surface area contributed by atoms with E-state index in [1.54, 1.807) is 7.11 Å². The van der Waals surface area contributed by atoms with Gasteiger partial charge in [-0.3, -0.25) is 0 Å². The van der Waals surface area contributed by atoms with Crippen LogP contribution in [0.25, 0.3) is 0 Å². The minimum atomic E-state index is 0.350. The van der Waals surface area contributed by atoms with E-state index in [0.29, 0.717) is 12.0 Å². The Balaban J connectivity index is 1.95. The van der Waals surface area contributed by atoms with Crippen molar-refractivity contribution in [2.75, 3.05) is 20.2 Å². The summed E-state index contributed by atoms with van der Waals surface area (Å²) in [6.07, 6.45) is 5.04. The molecule has 1 saturated carbocycles. The number of hydrogen-bond acceptors (Lipinski definition) is 3. The van der Waals surface area contributed by atoms with E-state index < -0.39 is 0 Å². The Hall–Kier alpha value is -0.930. The van der Waals surface area contributed by atoms with Gasteiger partial charge in [0.1, 0.15) is 0 Å². The van der Waals surface area contributed by atoms with Crippen LogP contribution in [-0.4, -0.2) is 26.3 Å². The third-order valence-electron chi connectivity index (χ3n) is 4.11. The van der Waals surface area contributed by atoms with Crippen LogP contribution in [0.2, 0.25) is 5.02 Å². The van der Waals surface area contributed by atoms with Crippen LogP contribution in [0.4, 0.5) is 0 Å². The van der Waals surface area contributed by atoms with Gasteiger partial charge in [-0.25, -0.2) is 0 Å². The summed E-state index contributed by atoms with van der Waals surface area (Å²) in [5.41, 5.74) is 1.20. The molecule has 0 bridgehead atoms. The summed E-state index contributed by atoms with van der Waals surface area (Å²) in [7, 11) is 1.68. The highest BCUT2D eigenvalue weighted by molar-refractivity contribution is 6.30. The Morgan fingerprint density at radius 2 is 2.11 bits per heavy atom. The summed E-state index contributed by atoms with van der Waals surface area (Å²) in [6, 6.07) is 3.89. The monoisotopic (exact) mass is 281 g/mol. The number of hydrogen-bond donors (Lipinski definition) is 1. The van der Waals surface area contributed by atoms with E-state index in [9.17, 15) is 0 Å². The average molecular weight is 282 g/mol. The number of benzene rings is 1. The second-order valence-electron chi connectivity index (χ2n) is 5.39. The van der Waals surface area contributed by atoms with Crippen LogP contribution >= 0.6 is 11.6 Å². The molecule has 3 nitrogen and oxygen atoms in total. The highest BCUT2D eigenvalue weighted by atomic mass is 35.5. The highest BCUT2D eigenvalue weighted by Gasteiger charge is 2.27. The van der Waals surface area contributed by atoms with Crippen LogP contribution in [0.3, 0.4) is 0 Å². The Morgan fingerprint density at radius 1 is 1.26 bits per heavy atom. The second kappa shape index (κ2) is 5.59. The SMILES string of the molecule is COc1cc(Cl)cc(C2CCNC2)c1OC1CCC1. The van der Waals surface area contributed by atoms with Crippen molar-refractivity contribution in [1.29, 1.82) is 0 Å². The van der Waals surface area contributed by atoms with E-state index in [1.807, 2.05) is 12.1 Å². The molecule has 2 fully saturated rings. The molecule has 3 rings (SSSR count). The van der Waals surface area contributed by atoms with Gasteiger partial charge < -0.3 is 14.8 Å². The Bertz CT molecular complexity index is 454. The molecule has 0 radical (unpaired) electrons. The predicted octanol–water partition coefficient (Wildman–Crippen LogP) is 3.36. The Morgan fingerprint density at radius 3 is 2.68 bits per heavy atom. The molecule has 1 aromatic rings. The van der Waals surface area contributed by atoms with Gasteiger partial charge >= 0.3 is 0 Å². The van der Waals surface area contributed by atoms with Crippen molar-refractivity contribution in [2.45, 2.75) is 37.7 Å². The molecule has 2 aliphatic rings. The zero-order valence-electron chi connectivity index (χ0n) is 11.2. The smallest absolute Gasteiger partial charge is 0.165 e. The first-order chi connectivity index (χ1) is 9.28. The van der Waals surface area contributed by atoms with Crippen molar-refractivity contribution >= 4 is 11.6 Å². The van der Waals surface area contributed by atoms with E-state index in [-0.39, 0.29) is 0 Å². The number of rotatable bonds is 4. The second-order valence-corrected chi connectivity index (χ2v) is 5.82. The van der Waals surface area contributed by atoms with E-state index in [0.717, 1.165) is 48.9 Å². The van der Waals surface area contributed by atoms with Gasteiger partial charge in [0.2, 0.25) is 0 Å². The van der Waals surface area contributed by atoms with Gasteiger partial charge in [0.05, 0.1) is 13.2 Å². The first-order valence-corrected chi connectivity index (χ1v) is 7.40. The fourth-order valence-corrected chi connectivity index (χ4v) is 2.96. The molecule has 1 saturated heterocycles. The maximum Gasteiger partial charge on any atom is 0.165 e. The molecule has 19 heavy (non-hydrogen) atoms. The minimum absolute atomic E-state index is 0.350. The number of halogens is 1. The van der Waals surface area contributed by atoms with Crippen molar-refractivity contribution in [3.05, 3.63) is 22.7 Å². The van der Waals surface area contributed by atoms with Crippen LogP contribution in [-0.2, 0) is 0 Å². The van der Waals surface area contributed by atoms with Crippen LogP contribution in [0.5, 0.6) is 11.5 Å². The fraction of sp³-hybridized carbons (Fsp3) is 0.600. The standard InChI is InChI=1S/C15H20ClNO2/c1-18-14-8-11(16)7-13(10-5-6-17-9-10)15(14)19-12-3-2-4-12/h7-8,10,12,17H,2-6,9H2,1H3. The van der Waals surface area contributed by atoms with Crippen LogP contribution in [0.15, 0.2) is 12.1 Å². The first kappa shape index (κ1) is 13.1. The summed E-state index contributed by atoms with van der Waals surface area (Å²) >= 11 is 6.21. The van der Waals surface area contributed by atoms with E-state index in [2.05, 4.69) is 5.32 Å². The summed E-state index contributed by atoms with van der Waals surface area (Å²) in [6.45, 7) is 2.05. The van der Waals surface area contributed by atoms with Crippen LogP contribution in [0, 0.1) is 0 Å². The number of nitrogens with one attached hydrogen (secondary N) is 1. The zero-order valence-corrected chi connectivity index (χ0v) is 12.0. The molecule has 1 aromatic carbocycles. The molecule has 0 amide bonds. The summed E-state index contributed by atoms with van der Waals surface area (Å²) < 4.78 is 11.6. The number of ether oxygens (including phenoxy) is 2.